The molecule has 0 bridgehead atoms. The number of nitrogens with two attached hydrogens (primary N) is 1. The molecule has 22 heavy (non-hydrogen) atoms. The topological polar surface area (TPSA) is 120 Å². The molecule has 2 amide bonds. The third-order valence-corrected chi connectivity index (χ3v) is 4.13. The van der Waals surface area contributed by atoms with Crippen molar-refractivity contribution in [1.82, 2.24) is 5.32 Å². The van der Waals surface area contributed by atoms with Gasteiger partial charge in [0.1, 0.15) is 0 Å². The van der Waals surface area contributed by atoms with Crippen molar-refractivity contribution in [1.29, 1.82) is 0 Å². The number of benzene rings is 1. The molecule has 1 aliphatic heterocycles. The summed E-state index contributed by atoms with van der Waals surface area (Å²) in [5.41, 5.74) is 0.145. The first-order chi connectivity index (χ1) is 10.4. The number of hydrogen-bond donors (Lipinski definition) is 3. The van der Waals surface area contributed by atoms with Crippen molar-refractivity contribution in [2.75, 3.05) is 31.7 Å². The number of carbonyl (C=O) groups is 1. The lowest BCUT2D eigenvalue weighted by Crippen LogP contribution is -2.41. The van der Waals surface area contributed by atoms with Crippen LogP contribution in [0.15, 0.2) is 23.1 Å². The van der Waals surface area contributed by atoms with Gasteiger partial charge in [-0.15, -0.1) is 0 Å². The fourth-order valence-electron chi connectivity index (χ4n) is 1.80. The number of amides is 2. The molecule has 0 radical (unpaired) electrons. The Kier molecular flexibility index (Phi) is 5.59. The summed E-state index contributed by atoms with van der Waals surface area (Å²) in [6.45, 7) is 1.69. The van der Waals surface area contributed by atoms with Gasteiger partial charge in [-0.1, -0.05) is 11.6 Å². The van der Waals surface area contributed by atoms with Gasteiger partial charge in [-0.3, -0.25) is 0 Å². The van der Waals surface area contributed by atoms with Crippen LogP contribution in [0.4, 0.5) is 10.5 Å². The fraction of sp³-hybridized carbons (Fsp3) is 0.417. The Balaban J connectivity index is 1.96. The minimum atomic E-state index is -3.87. The highest BCUT2D eigenvalue weighted by molar-refractivity contribution is 7.89. The van der Waals surface area contributed by atoms with Gasteiger partial charge < -0.3 is 20.1 Å². The number of ether oxygens (including phenoxy) is 2. The van der Waals surface area contributed by atoms with Gasteiger partial charge in [0.05, 0.1) is 41.5 Å². The smallest absolute Gasteiger partial charge is 0.319 e. The molecule has 8 nitrogen and oxygen atoms in total. The summed E-state index contributed by atoms with van der Waals surface area (Å²) in [5.74, 6) is 0. The van der Waals surface area contributed by atoms with Crippen LogP contribution in [0, 0.1) is 0 Å². The summed E-state index contributed by atoms with van der Waals surface area (Å²) in [7, 11) is -3.87. The van der Waals surface area contributed by atoms with E-state index < -0.39 is 16.1 Å². The normalized spacial score (nSPS) is 18.7. The molecule has 1 fully saturated rings. The Hall–Kier alpha value is -1.39. The number of hydrogen-bond acceptors (Lipinski definition) is 5. The lowest BCUT2D eigenvalue weighted by atomic mass is 10.3. The molecule has 1 heterocycles. The second kappa shape index (κ2) is 7.25. The van der Waals surface area contributed by atoms with Crippen molar-refractivity contribution >= 4 is 33.3 Å². The van der Waals surface area contributed by atoms with Gasteiger partial charge in [-0.2, -0.15) is 0 Å². The van der Waals surface area contributed by atoms with Crippen LogP contribution in [0.1, 0.15) is 0 Å². The van der Waals surface area contributed by atoms with Crippen LogP contribution in [0.5, 0.6) is 0 Å². The summed E-state index contributed by atoms with van der Waals surface area (Å²) in [6, 6.07) is 3.25. The number of sulfonamides is 1. The van der Waals surface area contributed by atoms with E-state index in [1.807, 2.05) is 0 Å². The minimum Gasteiger partial charge on any atom is -0.376 e. The van der Waals surface area contributed by atoms with E-state index in [1.165, 1.54) is 18.2 Å². The van der Waals surface area contributed by atoms with E-state index in [1.54, 1.807) is 0 Å². The number of nitrogens with one attached hydrogen (secondary N) is 2. The number of halogens is 1. The zero-order valence-corrected chi connectivity index (χ0v) is 13.1. The molecule has 10 heteroatoms. The molecule has 0 aliphatic carbocycles. The summed E-state index contributed by atoms with van der Waals surface area (Å²) < 4.78 is 33.2. The Morgan fingerprint density at radius 3 is 2.82 bits per heavy atom. The highest BCUT2D eigenvalue weighted by Gasteiger charge is 2.16. The van der Waals surface area contributed by atoms with Crippen molar-refractivity contribution in [2.45, 2.75) is 11.0 Å². The number of urea groups is 1. The average molecular weight is 350 g/mol. The molecule has 0 unspecified atom stereocenters. The van der Waals surface area contributed by atoms with Crippen molar-refractivity contribution in [3.8, 4) is 0 Å². The third kappa shape index (κ3) is 4.82. The van der Waals surface area contributed by atoms with Crippen LogP contribution in [-0.2, 0) is 19.5 Å². The molecule has 1 aromatic carbocycles. The van der Waals surface area contributed by atoms with Crippen LogP contribution in [0.25, 0.3) is 0 Å². The zero-order chi connectivity index (χ0) is 16.2. The highest BCUT2D eigenvalue weighted by Crippen LogP contribution is 2.24. The Morgan fingerprint density at radius 2 is 2.18 bits per heavy atom. The average Bonchev–Trinajstić information content (AvgIpc) is 2.47. The summed E-state index contributed by atoms with van der Waals surface area (Å²) in [6.07, 6.45) is -0.217. The van der Waals surface area contributed by atoms with E-state index in [9.17, 15) is 13.2 Å². The second-order valence-electron chi connectivity index (χ2n) is 4.59. The molecule has 1 aliphatic rings. The van der Waals surface area contributed by atoms with E-state index in [-0.39, 0.29) is 28.3 Å². The lowest BCUT2D eigenvalue weighted by Gasteiger charge is -2.23. The zero-order valence-electron chi connectivity index (χ0n) is 11.5. The SMILES string of the molecule is NS(=O)(=O)c1ccc(Cl)c(NC(=O)NC[C@H]2COCCO2)c1. The number of carbonyl (C=O) groups excluding carboxylic acids is 1. The second-order valence-corrected chi connectivity index (χ2v) is 6.56. The molecule has 4 N–H and O–H groups in total. The van der Waals surface area contributed by atoms with Gasteiger partial charge in [0, 0.05) is 6.54 Å². The molecule has 1 saturated heterocycles. The van der Waals surface area contributed by atoms with Crippen molar-refractivity contribution in [3.63, 3.8) is 0 Å². The van der Waals surface area contributed by atoms with Crippen LogP contribution in [0.2, 0.25) is 5.02 Å². The quantitative estimate of drug-likeness (QED) is 0.732. The van der Waals surface area contributed by atoms with Gasteiger partial charge in [0.25, 0.3) is 0 Å². The third-order valence-electron chi connectivity index (χ3n) is 2.89. The van der Waals surface area contributed by atoms with Crippen molar-refractivity contribution < 1.29 is 22.7 Å². The summed E-state index contributed by atoms with van der Waals surface area (Å²) in [4.78, 5) is 11.7. The molecule has 1 atom stereocenters. The van der Waals surface area contributed by atoms with E-state index in [0.29, 0.717) is 19.8 Å². The maximum atomic E-state index is 11.8. The molecule has 2 rings (SSSR count). The molecule has 1 aromatic rings. The standard InChI is InChI=1S/C12H16ClN3O5S/c13-10-2-1-9(22(14,18)19)5-11(10)16-12(17)15-6-8-7-20-3-4-21-8/h1-2,5,8H,3-4,6-7H2,(H2,14,18,19)(H2,15,16,17)/t8-/m0/s1. The van der Waals surface area contributed by atoms with E-state index in [4.69, 9.17) is 26.2 Å². The van der Waals surface area contributed by atoms with Gasteiger partial charge in [-0.05, 0) is 18.2 Å². The van der Waals surface area contributed by atoms with Crippen molar-refractivity contribution in [3.05, 3.63) is 23.2 Å². The maximum Gasteiger partial charge on any atom is 0.319 e. The molecule has 0 aromatic heterocycles. The van der Waals surface area contributed by atoms with Gasteiger partial charge >= 0.3 is 6.03 Å². The number of rotatable bonds is 4. The molecule has 0 spiro atoms. The molecular weight excluding hydrogens is 334 g/mol. The molecule has 0 saturated carbocycles. The molecular formula is C12H16ClN3O5S. The van der Waals surface area contributed by atoms with Gasteiger partial charge in [0.15, 0.2) is 0 Å². The Morgan fingerprint density at radius 1 is 1.41 bits per heavy atom. The lowest BCUT2D eigenvalue weighted by molar-refractivity contribution is -0.0852. The highest BCUT2D eigenvalue weighted by atomic mass is 35.5. The van der Waals surface area contributed by atoms with Crippen LogP contribution in [0.3, 0.4) is 0 Å². The summed E-state index contributed by atoms with van der Waals surface area (Å²) in [5, 5.41) is 10.3. The monoisotopic (exact) mass is 349 g/mol. The number of primary sulfonamides is 1. The first-order valence-corrected chi connectivity index (χ1v) is 8.35. The number of anilines is 1. The predicted molar refractivity (Wildman–Crippen MR) is 80.4 cm³/mol. The predicted octanol–water partition coefficient (Wildman–Crippen LogP) is 0.524. The molecule has 122 valence electrons. The minimum absolute atomic E-state index is 0.142. The van der Waals surface area contributed by atoms with Crippen LogP contribution >= 0.6 is 11.6 Å². The maximum absolute atomic E-state index is 11.8. The van der Waals surface area contributed by atoms with E-state index in [0.717, 1.165) is 0 Å². The largest absolute Gasteiger partial charge is 0.376 e. The van der Waals surface area contributed by atoms with Crippen LogP contribution < -0.4 is 15.8 Å². The summed E-state index contributed by atoms with van der Waals surface area (Å²) >= 11 is 5.92. The van der Waals surface area contributed by atoms with E-state index in [2.05, 4.69) is 10.6 Å². The van der Waals surface area contributed by atoms with Crippen LogP contribution in [-0.4, -0.2) is 46.9 Å². The van der Waals surface area contributed by atoms with Crippen molar-refractivity contribution in [2.24, 2.45) is 5.14 Å². The first kappa shape index (κ1) is 17.0. The van der Waals surface area contributed by atoms with Gasteiger partial charge in [-0.25, -0.2) is 18.4 Å². The first-order valence-electron chi connectivity index (χ1n) is 6.43. The fourth-order valence-corrected chi connectivity index (χ4v) is 2.51. The van der Waals surface area contributed by atoms with E-state index >= 15 is 0 Å². The Bertz CT molecular complexity index is 646. The van der Waals surface area contributed by atoms with Gasteiger partial charge in [0.2, 0.25) is 10.0 Å². The Labute approximate surface area is 133 Å².